The highest BCUT2D eigenvalue weighted by Gasteiger charge is 2.27. The van der Waals surface area contributed by atoms with Crippen LogP contribution in [0.25, 0.3) is 0 Å². The van der Waals surface area contributed by atoms with Crippen molar-refractivity contribution in [3.05, 3.63) is 20.8 Å². The second-order valence-electron chi connectivity index (χ2n) is 4.20. The molecule has 1 aliphatic rings. The van der Waals surface area contributed by atoms with Crippen LogP contribution in [0.3, 0.4) is 0 Å². The molecule has 1 aliphatic heterocycles. The van der Waals surface area contributed by atoms with Gasteiger partial charge in [-0.2, -0.15) is 0 Å². The average molecular weight is 290 g/mol. The number of ether oxygens (including phenoxy) is 1. The fraction of sp³-hybridized carbons (Fsp3) is 0.636. The first-order valence-electron chi connectivity index (χ1n) is 5.28. The van der Waals surface area contributed by atoms with Gasteiger partial charge in [0.1, 0.15) is 0 Å². The largest absolute Gasteiger partial charge is 0.381 e. The van der Waals surface area contributed by atoms with E-state index in [1.54, 1.807) is 11.3 Å². The van der Waals surface area contributed by atoms with Gasteiger partial charge in [-0.15, -0.1) is 11.3 Å². The van der Waals surface area contributed by atoms with Crippen molar-refractivity contribution in [3.63, 3.8) is 0 Å². The van der Waals surface area contributed by atoms with Crippen molar-refractivity contribution in [2.45, 2.75) is 31.2 Å². The number of halogens is 1. The summed E-state index contributed by atoms with van der Waals surface area (Å²) < 4.78 is 6.65. The van der Waals surface area contributed by atoms with Crippen molar-refractivity contribution in [1.29, 1.82) is 0 Å². The lowest BCUT2D eigenvalue weighted by atomic mass is 9.88. The summed E-state index contributed by atoms with van der Waals surface area (Å²) in [7, 11) is 0. The Morgan fingerprint density at radius 2 is 2.33 bits per heavy atom. The summed E-state index contributed by atoms with van der Waals surface area (Å²) >= 11 is 5.34. The van der Waals surface area contributed by atoms with Crippen LogP contribution in [-0.4, -0.2) is 18.8 Å². The molecule has 84 valence electrons. The highest BCUT2D eigenvalue weighted by Crippen LogP contribution is 2.30. The average Bonchev–Trinajstić information content (AvgIpc) is 2.48. The molecular formula is C11H16BrNOS. The van der Waals surface area contributed by atoms with Crippen LogP contribution in [0, 0.1) is 0 Å². The molecule has 4 heteroatoms. The smallest absolute Gasteiger partial charge is 0.0483 e. The van der Waals surface area contributed by atoms with E-state index in [1.807, 2.05) is 0 Å². The van der Waals surface area contributed by atoms with Crippen LogP contribution >= 0.6 is 27.3 Å². The Kier molecular flexibility index (Phi) is 3.83. The summed E-state index contributed by atoms with van der Waals surface area (Å²) in [5.41, 5.74) is 6.36. The molecular weight excluding hydrogens is 274 g/mol. The van der Waals surface area contributed by atoms with E-state index in [0.717, 1.165) is 38.9 Å². The zero-order valence-electron chi connectivity index (χ0n) is 8.67. The Hall–Kier alpha value is 0.1000. The summed E-state index contributed by atoms with van der Waals surface area (Å²) in [6, 6.07) is 2.09. The van der Waals surface area contributed by atoms with E-state index in [9.17, 15) is 0 Å². The molecule has 0 aliphatic carbocycles. The maximum atomic E-state index is 6.43. The predicted molar refractivity (Wildman–Crippen MR) is 67.3 cm³/mol. The third-order valence-electron chi connectivity index (χ3n) is 2.91. The minimum absolute atomic E-state index is 0.0656. The van der Waals surface area contributed by atoms with Gasteiger partial charge in [0.2, 0.25) is 0 Å². The van der Waals surface area contributed by atoms with Crippen LogP contribution in [0.1, 0.15) is 24.1 Å². The Bertz CT molecular complexity index is 318. The van der Waals surface area contributed by atoms with Crippen molar-refractivity contribution in [3.8, 4) is 0 Å². The molecule has 2 N–H and O–H groups in total. The van der Waals surface area contributed by atoms with E-state index < -0.39 is 0 Å². The summed E-state index contributed by atoms with van der Waals surface area (Å²) in [6.07, 6.45) is 4.09. The minimum Gasteiger partial charge on any atom is -0.381 e. The molecule has 0 bridgehead atoms. The molecule has 1 unspecified atom stereocenters. The molecule has 2 nitrogen and oxygen atoms in total. The van der Waals surface area contributed by atoms with Gasteiger partial charge in [-0.1, -0.05) is 0 Å². The van der Waals surface area contributed by atoms with Gasteiger partial charge in [0, 0.05) is 34.5 Å². The lowest BCUT2D eigenvalue weighted by Crippen LogP contribution is -2.42. The predicted octanol–water partition coefficient (Wildman–Crippen LogP) is 2.95. The monoisotopic (exact) mass is 289 g/mol. The summed E-state index contributed by atoms with van der Waals surface area (Å²) in [4.78, 5) is 1.36. The maximum absolute atomic E-state index is 6.43. The quantitative estimate of drug-likeness (QED) is 0.909. The van der Waals surface area contributed by atoms with E-state index >= 15 is 0 Å². The Morgan fingerprint density at radius 3 is 3.07 bits per heavy atom. The Labute approximate surface area is 103 Å². The van der Waals surface area contributed by atoms with E-state index in [0.29, 0.717) is 0 Å². The maximum Gasteiger partial charge on any atom is 0.0483 e. The van der Waals surface area contributed by atoms with Gasteiger partial charge in [0.15, 0.2) is 0 Å². The fourth-order valence-corrected chi connectivity index (χ4v) is 3.62. The van der Waals surface area contributed by atoms with Crippen molar-refractivity contribution in [1.82, 2.24) is 0 Å². The molecule has 1 aromatic heterocycles. The third kappa shape index (κ3) is 3.03. The lowest BCUT2D eigenvalue weighted by molar-refractivity contribution is 0.139. The third-order valence-corrected chi connectivity index (χ3v) is 4.84. The summed E-state index contributed by atoms with van der Waals surface area (Å²) in [5, 5.41) is 2.11. The van der Waals surface area contributed by atoms with E-state index in [2.05, 4.69) is 27.4 Å². The minimum atomic E-state index is -0.0656. The van der Waals surface area contributed by atoms with Crippen molar-refractivity contribution in [2.24, 2.45) is 5.73 Å². The van der Waals surface area contributed by atoms with Crippen molar-refractivity contribution < 1.29 is 4.74 Å². The van der Waals surface area contributed by atoms with Gasteiger partial charge < -0.3 is 10.5 Å². The highest BCUT2D eigenvalue weighted by molar-refractivity contribution is 9.10. The first-order chi connectivity index (χ1) is 7.20. The molecule has 2 heterocycles. The highest BCUT2D eigenvalue weighted by atomic mass is 79.9. The Balaban J connectivity index is 2.05. The molecule has 1 fully saturated rings. The normalized spacial score (nSPS) is 27.6. The van der Waals surface area contributed by atoms with Crippen LogP contribution in [0.5, 0.6) is 0 Å². The number of rotatable bonds is 2. The van der Waals surface area contributed by atoms with Gasteiger partial charge in [-0.05, 0) is 46.6 Å². The second kappa shape index (κ2) is 4.95. The van der Waals surface area contributed by atoms with Crippen LogP contribution in [-0.2, 0) is 11.2 Å². The molecule has 15 heavy (non-hydrogen) atoms. The number of hydrogen-bond acceptors (Lipinski definition) is 3. The van der Waals surface area contributed by atoms with Crippen molar-refractivity contribution >= 4 is 27.3 Å². The van der Waals surface area contributed by atoms with Crippen molar-refractivity contribution in [2.75, 3.05) is 13.2 Å². The molecule has 0 amide bonds. The van der Waals surface area contributed by atoms with E-state index in [1.165, 1.54) is 9.35 Å². The molecule has 0 radical (unpaired) electrons. The van der Waals surface area contributed by atoms with E-state index in [4.69, 9.17) is 10.5 Å². The van der Waals surface area contributed by atoms with Gasteiger partial charge in [-0.25, -0.2) is 0 Å². The van der Waals surface area contributed by atoms with Gasteiger partial charge in [0.05, 0.1) is 0 Å². The lowest BCUT2D eigenvalue weighted by Gasteiger charge is -2.27. The van der Waals surface area contributed by atoms with Gasteiger partial charge in [0.25, 0.3) is 0 Å². The van der Waals surface area contributed by atoms with E-state index in [-0.39, 0.29) is 5.54 Å². The van der Waals surface area contributed by atoms with Gasteiger partial charge >= 0.3 is 0 Å². The molecule has 0 aromatic carbocycles. The SMILES string of the molecule is NC1(Cc2sccc2Br)CCCOCC1. The first kappa shape index (κ1) is 11.6. The topological polar surface area (TPSA) is 35.2 Å². The zero-order valence-corrected chi connectivity index (χ0v) is 11.1. The Morgan fingerprint density at radius 1 is 1.47 bits per heavy atom. The molecule has 1 saturated heterocycles. The number of hydrogen-bond donors (Lipinski definition) is 1. The summed E-state index contributed by atoms with van der Waals surface area (Å²) in [5.74, 6) is 0. The van der Waals surface area contributed by atoms with Crippen LogP contribution in [0.2, 0.25) is 0 Å². The first-order valence-corrected chi connectivity index (χ1v) is 6.95. The molecule has 1 atom stereocenters. The second-order valence-corrected chi connectivity index (χ2v) is 6.05. The number of thiophene rings is 1. The molecule has 2 rings (SSSR count). The molecule has 0 saturated carbocycles. The molecule has 1 aromatic rings. The standard InChI is InChI=1S/C11H16BrNOS/c12-9-2-7-15-10(9)8-11(13)3-1-5-14-6-4-11/h2,7H,1,3-6,8,13H2. The van der Waals surface area contributed by atoms with Crippen LogP contribution in [0.15, 0.2) is 15.9 Å². The molecule has 0 spiro atoms. The van der Waals surface area contributed by atoms with Gasteiger partial charge in [-0.3, -0.25) is 0 Å². The van der Waals surface area contributed by atoms with Crippen LogP contribution in [0.4, 0.5) is 0 Å². The zero-order chi connectivity index (χ0) is 10.7. The summed E-state index contributed by atoms with van der Waals surface area (Å²) in [6.45, 7) is 1.67. The van der Waals surface area contributed by atoms with Crippen LogP contribution < -0.4 is 5.73 Å². The number of nitrogens with two attached hydrogens (primary N) is 1. The fourth-order valence-electron chi connectivity index (χ4n) is 1.98.